The van der Waals surface area contributed by atoms with Gasteiger partial charge in [0, 0.05) is 5.02 Å². The van der Waals surface area contributed by atoms with Gasteiger partial charge in [-0.15, -0.1) is 11.6 Å². The Morgan fingerprint density at radius 2 is 2.25 bits per heavy atom. The first-order chi connectivity index (χ1) is 7.78. The zero-order valence-electron chi connectivity index (χ0n) is 8.32. The highest BCUT2D eigenvalue weighted by Gasteiger charge is 2.04. The second-order valence-electron chi connectivity index (χ2n) is 3.16. The first kappa shape index (κ1) is 11.3. The van der Waals surface area contributed by atoms with Crippen LogP contribution in [0.3, 0.4) is 0 Å². The average molecular weight is 258 g/mol. The summed E-state index contributed by atoms with van der Waals surface area (Å²) < 4.78 is 10.4. The van der Waals surface area contributed by atoms with Crippen molar-refractivity contribution in [2.24, 2.45) is 0 Å². The van der Waals surface area contributed by atoms with E-state index in [1.54, 1.807) is 0 Å². The fourth-order valence-corrected chi connectivity index (χ4v) is 1.52. The molecular weight excluding hydrogens is 249 g/mol. The first-order valence-corrected chi connectivity index (χ1v) is 5.57. The summed E-state index contributed by atoms with van der Waals surface area (Å²) in [6.07, 6.45) is 1.69. The van der Waals surface area contributed by atoms with E-state index in [2.05, 4.69) is 4.98 Å². The molecule has 1 aromatic carbocycles. The molecule has 0 spiro atoms. The maximum absolute atomic E-state index is 5.84. The first-order valence-electron chi connectivity index (χ1n) is 4.65. The Morgan fingerprint density at radius 1 is 1.38 bits per heavy atom. The molecule has 2 rings (SSSR count). The number of hydrogen-bond acceptors (Lipinski definition) is 3. The lowest BCUT2D eigenvalue weighted by Gasteiger charge is -2.01. The van der Waals surface area contributed by atoms with Gasteiger partial charge in [0.15, 0.2) is 0 Å². The summed E-state index contributed by atoms with van der Waals surface area (Å²) in [4.78, 5) is 4.01. The fourth-order valence-electron chi connectivity index (χ4n) is 1.19. The molecule has 0 bridgehead atoms. The Kier molecular flexibility index (Phi) is 3.70. The highest BCUT2D eigenvalue weighted by molar-refractivity contribution is 6.30. The van der Waals surface area contributed by atoms with Crippen molar-refractivity contribution in [3.05, 3.63) is 46.8 Å². The molecule has 84 valence electrons. The summed E-state index contributed by atoms with van der Waals surface area (Å²) in [7, 11) is 0. The lowest BCUT2D eigenvalue weighted by atomic mass is 10.2. The summed E-state index contributed by atoms with van der Waals surface area (Å²) in [5.41, 5.74) is 1.61. The van der Waals surface area contributed by atoms with Gasteiger partial charge in [0.1, 0.15) is 12.9 Å². The van der Waals surface area contributed by atoms with Crippen molar-refractivity contribution in [1.29, 1.82) is 0 Å². The molecular formula is C11H9Cl2NO2. The van der Waals surface area contributed by atoms with E-state index in [9.17, 15) is 0 Å². The number of aromatic nitrogens is 1. The van der Waals surface area contributed by atoms with Crippen LogP contribution in [0.2, 0.25) is 5.02 Å². The fraction of sp³-hybridized carbons (Fsp3) is 0.182. The van der Waals surface area contributed by atoms with Gasteiger partial charge in [-0.05, 0) is 17.7 Å². The molecule has 0 aliphatic rings. The molecule has 2 aromatic rings. The highest BCUT2D eigenvalue weighted by Crippen LogP contribution is 2.15. The molecule has 0 N–H and O–H groups in total. The number of ether oxygens (including phenoxy) is 1. The molecule has 0 fully saturated rings. The van der Waals surface area contributed by atoms with Crippen LogP contribution in [0.5, 0.6) is 6.08 Å². The van der Waals surface area contributed by atoms with Gasteiger partial charge in [-0.3, -0.25) is 0 Å². The van der Waals surface area contributed by atoms with Crippen LogP contribution in [0.1, 0.15) is 11.3 Å². The van der Waals surface area contributed by atoms with Gasteiger partial charge in [-0.2, -0.15) is 4.98 Å². The van der Waals surface area contributed by atoms with Crippen molar-refractivity contribution in [1.82, 2.24) is 4.98 Å². The molecule has 1 heterocycles. The molecule has 0 saturated carbocycles. The molecule has 0 aliphatic carbocycles. The number of nitrogens with zero attached hydrogens (tertiary/aromatic N) is 1. The maximum Gasteiger partial charge on any atom is 0.394 e. The summed E-state index contributed by atoms with van der Waals surface area (Å²) in [6, 6.07) is 7.41. The maximum atomic E-state index is 5.84. The van der Waals surface area contributed by atoms with Crippen LogP contribution in [0, 0.1) is 0 Å². The van der Waals surface area contributed by atoms with Crippen LogP contribution in [-0.4, -0.2) is 4.98 Å². The van der Waals surface area contributed by atoms with Crippen LogP contribution in [-0.2, 0) is 12.5 Å². The van der Waals surface area contributed by atoms with E-state index < -0.39 is 0 Å². The summed E-state index contributed by atoms with van der Waals surface area (Å²) in [5, 5.41) is 0.676. The molecule has 0 amide bonds. The van der Waals surface area contributed by atoms with Gasteiger partial charge in [-0.25, -0.2) is 0 Å². The van der Waals surface area contributed by atoms with E-state index >= 15 is 0 Å². The van der Waals surface area contributed by atoms with Crippen molar-refractivity contribution < 1.29 is 9.15 Å². The van der Waals surface area contributed by atoms with Gasteiger partial charge < -0.3 is 9.15 Å². The lowest BCUT2D eigenvalue weighted by molar-refractivity contribution is 0.220. The number of rotatable bonds is 4. The minimum Gasteiger partial charge on any atom is -0.445 e. The largest absolute Gasteiger partial charge is 0.445 e. The Hall–Kier alpha value is -1.19. The molecule has 16 heavy (non-hydrogen) atoms. The smallest absolute Gasteiger partial charge is 0.394 e. The quantitative estimate of drug-likeness (QED) is 0.785. The summed E-state index contributed by atoms with van der Waals surface area (Å²) >= 11 is 11.4. The van der Waals surface area contributed by atoms with Crippen LogP contribution >= 0.6 is 23.2 Å². The topological polar surface area (TPSA) is 35.3 Å². The number of benzene rings is 1. The molecule has 3 nitrogen and oxygen atoms in total. The van der Waals surface area contributed by atoms with Gasteiger partial charge >= 0.3 is 6.08 Å². The highest BCUT2D eigenvalue weighted by atomic mass is 35.5. The minimum atomic E-state index is 0.218. The van der Waals surface area contributed by atoms with E-state index in [4.69, 9.17) is 32.4 Å². The third-order valence-electron chi connectivity index (χ3n) is 1.92. The van der Waals surface area contributed by atoms with E-state index in [0.29, 0.717) is 23.2 Å². The zero-order chi connectivity index (χ0) is 11.4. The average Bonchev–Trinajstić information content (AvgIpc) is 2.74. The summed E-state index contributed by atoms with van der Waals surface area (Å²) in [5.74, 6) is 0.310. The van der Waals surface area contributed by atoms with Crippen LogP contribution in [0.15, 0.2) is 34.9 Å². The van der Waals surface area contributed by atoms with Gasteiger partial charge in [0.25, 0.3) is 0 Å². The van der Waals surface area contributed by atoms with Crippen molar-refractivity contribution >= 4 is 23.2 Å². The van der Waals surface area contributed by atoms with Crippen molar-refractivity contribution in [3.8, 4) is 6.08 Å². The number of halogens is 2. The summed E-state index contributed by atoms with van der Waals surface area (Å²) in [6.45, 7) is 0.364. The second-order valence-corrected chi connectivity index (χ2v) is 3.86. The Labute approximate surface area is 103 Å². The van der Waals surface area contributed by atoms with E-state index in [1.807, 2.05) is 24.3 Å². The van der Waals surface area contributed by atoms with Crippen LogP contribution in [0.25, 0.3) is 0 Å². The number of oxazole rings is 1. The molecule has 0 aliphatic heterocycles. The third kappa shape index (κ3) is 2.90. The SMILES string of the molecule is ClCc1coc(OCc2cccc(Cl)c2)n1. The standard InChI is InChI=1S/C11H9Cl2NO2/c12-5-10-7-16-11(14-10)15-6-8-2-1-3-9(13)4-8/h1-4,7H,5-6H2. The molecule has 0 atom stereocenters. The van der Waals surface area contributed by atoms with E-state index in [0.717, 1.165) is 5.56 Å². The predicted molar refractivity (Wildman–Crippen MR) is 61.8 cm³/mol. The third-order valence-corrected chi connectivity index (χ3v) is 2.43. The monoisotopic (exact) mass is 257 g/mol. The van der Waals surface area contributed by atoms with Crippen molar-refractivity contribution in [2.45, 2.75) is 12.5 Å². The van der Waals surface area contributed by atoms with Gasteiger partial charge in [0.05, 0.1) is 11.6 Å². The van der Waals surface area contributed by atoms with E-state index in [1.165, 1.54) is 6.26 Å². The second kappa shape index (κ2) is 5.23. The number of alkyl halides is 1. The van der Waals surface area contributed by atoms with Crippen LogP contribution < -0.4 is 4.74 Å². The Morgan fingerprint density at radius 3 is 2.94 bits per heavy atom. The lowest BCUT2D eigenvalue weighted by Crippen LogP contribution is -1.95. The number of hydrogen-bond donors (Lipinski definition) is 0. The Balaban J connectivity index is 1.96. The van der Waals surface area contributed by atoms with Crippen molar-refractivity contribution in [3.63, 3.8) is 0 Å². The molecule has 5 heteroatoms. The minimum absolute atomic E-state index is 0.218. The molecule has 0 unspecified atom stereocenters. The van der Waals surface area contributed by atoms with Gasteiger partial charge in [0.2, 0.25) is 0 Å². The predicted octanol–water partition coefficient (Wildman–Crippen LogP) is 3.65. The molecule has 0 radical (unpaired) electrons. The molecule has 1 aromatic heterocycles. The normalized spacial score (nSPS) is 10.4. The van der Waals surface area contributed by atoms with Gasteiger partial charge in [-0.1, -0.05) is 23.7 Å². The van der Waals surface area contributed by atoms with Crippen molar-refractivity contribution in [2.75, 3.05) is 0 Å². The zero-order valence-corrected chi connectivity index (χ0v) is 9.83. The van der Waals surface area contributed by atoms with E-state index in [-0.39, 0.29) is 6.08 Å². The Bertz CT molecular complexity index is 471. The molecule has 0 saturated heterocycles. The van der Waals surface area contributed by atoms with Crippen LogP contribution in [0.4, 0.5) is 0 Å².